The highest BCUT2D eigenvalue weighted by Gasteiger charge is 2.23. The summed E-state index contributed by atoms with van der Waals surface area (Å²) < 4.78 is 0. The molecule has 0 bridgehead atoms. The average molecular weight is 424 g/mol. The van der Waals surface area contributed by atoms with E-state index in [0.29, 0.717) is 30.3 Å². The van der Waals surface area contributed by atoms with Crippen LogP contribution >= 0.6 is 0 Å². The predicted octanol–water partition coefficient (Wildman–Crippen LogP) is 4.31. The number of benzene rings is 1. The number of fused-ring (bicyclic) bond motifs is 1. The molecule has 4 aromatic rings. The van der Waals surface area contributed by atoms with Gasteiger partial charge in [-0.2, -0.15) is 0 Å². The predicted molar refractivity (Wildman–Crippen MR) is 125 cm³/mol. The lowest BCUT2D eigenvalue weighted by Crippen LogP contribution is -2.23. The number of carbonyl (C=O) groups is 1. The number of anilines is 1. The van der Waals surface area contributed by atoms with E-state index in [-0.39, 0.29) is 5.91 Å². The van der Waals surface area contributed by atoms with Crippen LogP contribution in [0.3, 0.4) is 0 Å². The van der Waals surface area contributed by atoms with E-state index in [1.807, 2.05) is 25.3 Å². The maximum Gasteiger partial charge on any atom is 0.251 e. The van der Waals surface area contributed by atoms with Gasteiger partial charge < -0.3 is 11.1 Å². The summed E-state index contributed by atoms with van der Waals surface area (Å²) in [5.41, 5.74) is 12.4. The molecule has 0 atom stereocenters. The fourth-order valence-corrected chi connectivity index (χ4v) is 3.95. The molecule has 0 aliphatic heterocycles. The number of amides is 1. The Labute approximate surface area is 186 Å². The van der Waals surface area contributed by atoms with Crippen molar-refractivity contribution in [1.82, 2.24) is 20.3 Å². The molecular formula is C26H25N5O. The van der Waals surface area contributed by atoms with Crippen molar-refractivity contribution in [1.29, 1.82) is 0 Å². The summed E-state index contributed by atoms with van der Waals surface area (Å²) in [7, 11) is 0. The first-order chi connectivity index (χ1) is 15.5. The van der Waals surface area contributed by atoms with Crippen molar-refractivity contribution < 1.29 is 4.79 Å². The van der Waals surface area contributed by atoms with Crippen LogP contribution in [0.4, 0.5) is 5.82 Å². The van der Waals surface area contributed by atoms with Gasteiger partial charge in [0.1, 0.15) is 5.82 Å². The minimum Gasteiger partial charge on any atom is -0.384 e. The zero-order valence-corrected chi connectivity index (χ0v) is 18.0. The Morgan fingerprint density at radius 3 is 2.78 bits per heavy atom. The maximum atomic E-state index is 12.7. The standard InChI is InChI=1S/C26H25N5O/c1-16-20(5-7-25(27)31-16)14-30-26(32)19-8-9-28-23(13-19)11-17-2-6-24-21(10-17)12-22(15-29-24)18-3-4-18/h2,5-10,12-13,15,18H,3-4,11,14H2,1H3,(H2,27,31)(H,30,32). The van der Waals surface area contributed by atoms with Gasteiger partial charge in [0.2, 0.25) is 0 Å². The molecule has 6 heteroatoms. The second-order valence-corrected chi connectivity index (χ2v) is 8.45. The van der Waals surface area contributed by atoms with E-state index in [1.165, 1.54) is 18.4 Å². The van der Waals surface area contributed by atoms with Crippen molar-refractivity contribution in [2.45, 2.75) is 38.6 Å². The Morgan fingerprint density at radius 1 is 1.09 bits per heavy atom. The maximum absolute atomic E-state index is 12.7. The van der Waals surface area contributed by atoms with Crippen molar-refractivity contribution in [2.24, 2.45) is 0 Å². The minimum atomic E-state index is -0.137. The fraction of sp³-hybridized carbons (Fsp3) is 0.231. The van der Waals surface area contributed by atoms with Gasteiger partial charge in [-0.15, -0.1) is 0 Å². The molecule has 6 nitrogen and oxygen atoms in total. The number of nitrogens with zero attached hydrogens (tertiary/aromatic N) is 3. The normalized spacial score (nSPS) is 13.3. The first-order valence-electron chi connectivity index (χ1n) is 10.9. The van der Waals surface area contributed by atoms with Gasteiger partial charge in [-0.3, -0.25) is 14.8 Å². The summed E-state index contributed by atoms with van der Waals surface area (Å²) >= 11 is 0. The molecule has 0 saturated heterocycles. The molecule has 0 spiro atoms. The summed E-state index contributed by atoms with van der Waals surface area (Å²) in [6.45, 7) is 2.28. The Kier molecular flexibility index (Phi) is 5.27. The molecule has 32 heavy (non-hydrogen) atoms. The molecule has 0 radical (unpaired) electrons. The molecule has 5 rings (SSSR count). The van der Waals surface area contributed by atoms with Crippen LogP contribution in [-0.4, -0.2) is 20.9 Å². The van der Waals surface area contributed by atoms with Gasteiger partial charge in [-0.25, -0.2) is 4.98 Å². The zero-order valence-electron chi connectivity index (χ0n) is 18.0. The van der Waals surface area contributed by atoms with Crippen LogP contribution in [0.25, 0.3) is 10.9 Å². The molecule has 3 N–H and O–H groups in total. The highest BCUT2D eigenvalue weighted by atomic mass is 16.1. The Morgan fingerprint density at radius 2 is 1.97 bits per heavy atom. The van der Waals surface area contributed by atoms with E-state index in [2.05, 4.69) is 44.5 Å². The Bertz CT molecular complexity index is 1310. The third-order valence-corrected chi connectivity index (χ3v) is 5.94. The number of hydrogen-bond donors (Lipinski definition) is 2. The molecule has 1 saturated carbocycles. The lowest BCUT2D eigenvalue weighted by Gasteiger charge is -2.09. The van der Waals surface area contributed by atoms with E-state index in [1.54, 1.807) is 18.3 Å². The molecule has 1 amide bonds. The van der Waals surface area contributed by atoms with Gasteiger partial charge in [-0.1, -0.05) is 12.1 Å². The number of rotatable bonds is 6. The van der Waals surface area contributed by atoms with Gasteiger partial charge in [-0.05, 0) is 78.8 Å². The number of aromatic nitrogens is 3. The number of nitrogens with one attached hydrogen (secondary N) is 1. The van der Waals surface area contributed by atoms with E-state index < -0.39 is 0 Å². The summed E-state index contributed by atoms with van der Waals surface area (Å²) in [4.78, 5) is 26.0. The van der Waals surface area contributed by atoms with Gasteiger partial charge in [0.15, 0.2) is 0 Å². The second kappa shape index (κ2) is 8.38. The summed E-state index contributed by atoms with van der Waals surface area (Å²) in [5, 5.41) is 4.12. The fourth-order valence-electron chi connectivity index (χ4n) is 3.95. The molecule has 1 aliphatic rings. The largest absolute Gasteiger partial charge is 0.384 e. The lowest BCUT2D eigenvalue weighted by atomic mass is 10.0. The molecule has 1 fully saturated rings. The second-order valence-electron chi connectivity index (χ2n) is 8.45. The topological polar surface area (TPSA) is 93.8 Å². The van der Waals surface area contributed by atoms with Crippen molar-refractivity contribution in [2.75, 3.05) is 5.73 Å². The van der Waals surface area contributed by atoms with Crippen molar-refractivity contribution in [3.63, 3.8) is 0 Å². The van der Waals surface area contributed by atoms with Gasteiger partial charge in [0.05, 0.1) is 5.52 Å². The number of nitrogens with two attached hydrogens (primary N) is 1. The molecular weight excluding hydrogens is 398 g/mol. The number of hydrogen-bond acceptors (Lipinski definition) is 5. The molecule has 0 unspecified atom stereocenters. The number of aryl methyl sites for hydroxylation is 1. The van der Waals surface area contributed by atoms with E-state index in [4.69, 9.17) is 5.73 Å². The van der Waals surface area contributed by atoms with Crippen molar-refractivity contribution in [3.05, 3.63) is 94.6 Å². The summed E-state index contributed by atoms with van der Waals surface area (Å²) in [6.07, 6.45) is 6.88. The number of carbonyl (C=O) groups excluding carboxylic acids is 1. The summed E-state index contributed by atoms with van der Waals surface area (Å²) in [5.74, 6) is 1.02. The van der Waals surface area contributed by atoms with E-state index in [9.17, 15) is 4.79 Å². The highest BCUT2D eigenvalue weighted by molar-refractivity contribution is 5.94. The monoisotopic (exact) mass is 423 g/mol. The van der Waals surface area contributed by atoms with Crippen LogP contribution in [0.2, 0.25) is 0 Å². The number of nitrogen functional groups attached to an aromatic ring is 1. The van der Waals surface area contributed by atoms with Crippen LogP contribution < -0.4 is 11.1 Å². The zero-order chi connectivity index (χ0) is 22.1. The van der Waals surface area contributed by atoms with Gasteiger partial charge in [0.25, 0.3) is 5.91 Å². The minimum absolute atomic E-state index is 0.137. The van der Waals surface area contributed by atoms with Gasteiger partial charge in [0, 0.05) is 47.7 Å². The van der Waals surface area contributed by atoms with E-state index in [0.717, 1.165) is 33.4 Å². The van der Waals surface area contributed by atoms with Crippen molar-refractivity contribution in [3.8, 4) is 0 Å². The van der Waals surface area contributed by atoms with Crippen LogP contribution in [-0.2, 0) is 13.0 Å². The SMILES string of the molecule is Cc1nc(N)ccc1CNC(=O)c1ccnc(Cc2ccc3ncc(C4CC4)cc3c2)c1. The molecule has 3 heterocycles. The van der Waals surface area contributed by atoms with E-state index >= 15 is 0 Å². The molecule has 1 aromatic carbocycles. The quantitative estimate of drug-likeness (QED) is 0.482. The van der Waals surface area contributed by atoms with Crippen LogP contribution in [0.15, 0.2) is 60.9 Å². The third kappa shape index (κ3) is 4.44. The molecule has 3 aromatic heterocycles. The smallest absolute Gasteiger partial charge is 0.251 e. The first kappa shape index (κ1) is 20.1. The Balaban J connectivity index is 1.29. The lowest BCUT2D eigenvalue weighted by molar-refractivity contribution is 0.0950. The van der Waals surface area contributed by atoms with Crippen LogP contribution in [0.1, 0.15) is 57.2 Å². The van der Waals surface area contributed by atoms with Crippen molar-refractivity contribution >= 4 is 22.6 Å². The number of pyridine rings is 3. The van der Waals surface area contributed by atoms with Gasteiger partial charge >= 0.3 is 0 Å². The highest BCUT2D eigenvalue weighted by Crippen LogP contribution is 2.40. The van der Waals surface area contributed by atoms with Crippen LogP contribution in [0, 0.1) is 6.92 Å². The third-order valence-electron chi connectivity index (χ3n) is 5.94. The first-order valence-corrected chi connectivity index (χ1v) is 10.9. The Hall–Kier alpha value is -3.80. The molecule has 1 aliphatic carbocycles. The summed E-state index contributed by atoms with van der Waals surface area (Å²) in [6, 6.07) is 15.8. The molecule has 160 valence electrons. The average Bonchev–Trinajstić information content (AvgIpc) is 3.64. The van der Waals surface area contributed by atoms with Crippen LogP contribution in [0.5, 0.6) is 0 Å².